The van der Waals surface area contributed by atoms with E-state index in [9.17, 15) is 32.9 Å². The molecule has 0 aromatic heterocycles. The van der Waals surface area contributed by atoms with Gasteiger partial charge in [-0.2, -0.15) is 13.2 Å². The molecule has 2 aromatic rings. The summed E-state index contributed by atoms with van der Waals surface area (Å²) in [5.41, 5.74) is -1.87. The van der Waals surface area contributed by atoms with Crippen molar-refractivity contribution in [3.63, 3.8) is 0 Å². The van der Waals surface area contributed by atoms with Crippen LogP contribution in [0.1, 0.15) is 35.2 Å². The van der Waals surface area contributed by atoms with Gasteiger partial charge in [-0.1, -0.05) is 17.7 Å². The van der Waals surface area contributed by atoms with Gasteiger partial charge in [0, 0.05) is 19.2 Å². The van der Waals surface area contributed by atoms with Crippen molar-refractivity contribution < 1.29 is 32.4 Å². The minimum absolute atomic E-state index is 0.163. The summed E-state index contributed by atoms with van der Waals surface area (Å²) < 4.78 is 44.2. The zero-order valence-electron chi connectivity index (χ0n) is 17.2. The molecule has 1 amide bonds. The number of carbonyl (C=O) groups excluding carboxylic acids is 2. The van der Waals surface area contributed by atoms with Gasteiger partial charge in [-0.05, 0) is 43.5 Å². The Hall–Kier alpha value is -3.34. The summed E-state index contributed by atoms with van der Waals surface area (Å²) in [7, 11) is 0. The molecular formula is C21H19ClF3N3O5. The Bertz CT molecular complexity index is 1070. The quantitative estimate of drug-likeness (QED) is 0.349. The zero-order valence-corrected chi connectivity index (χ0v) is 17.9. The summed E-state index contributed by atoms with van der Waals surface area (Å²) in [4.78, 5) is 37.2. The molecule has 0 spiro atoms. The molecular weight excluding hydrogens is 467 g/mol. The molecule has 0 atom stereocenters. The lowest BCUT2D eigenvalue weighted by molar-refractivity contribution is -0.384. The molecule has 12 heteroatoms. The number of esters is 1. The number of benzene rings is 2. The normalized spacial score (nSPS) is 14.0. The fourth-order valence-corrected chi connectivity index (χ4v) is 3.70. The lowest BCUT2D eigenvalue weighted by Crippen LogP contribution is -2.30. The van der Waals surface area contributed by atoms with E-state index in [0.29, 0.717) is 18.8 Å². The number of anilines is 2. The molecule has 0 unspecified atom stereocenters. The van der Waals surface area contributed by atoms with Gasteiger partial charge in [0.05, 0.1) is 26.8 Å². The number of hydrogen-bond donors (Lipinski definition) is 1. The van der Waals surface area contributed by atoms with E-state index < -0.39 is 40.8 Å². The van der Waals surface area contributed by atoms with Crippen LogP contribution in [0.3, 0.4) is 0 Å². The second kappa shape index (κ2) is 10.1. The number of carbonyl (C=O) groups is 2. The fraction of sp³-hybridized carbons (Fsp3) is 0.333. The van der Waals surface area contributed by atoms with E-state index >= 15 is 0 Å². The molecule has 1 aliphatic heterocycles. The van der Waals surface area contributed by atoms with Gasteiger partial charge in [0.1, 0.15) is 5.69 Å². The molecule has 1 fully saturated rings. The lowest BCUT2D eigenvalue weighted by atomic mass is 10.1. The van der Waals surface area contributed by atoms with Gasteiger partial charge in [-0.3, -0.25) is 14.9 Å². The van der Waals surface area contributed by atoms with Crippen molar-refractivity contribution in [1.82, 2.24) is 0 Å². The Morgan fingerprint density at radius 1 is 1.15 bits per heavy atom. The number of alkyl halides is 3. The Morgan fingerprint density at radius 3 is 2.48 bits per heavy atom. The maximum absolute atomic E-state index is 13.1. The third kappa shape index (κ3) is 5.92. The van der Waals surface area contributed by atoms with Crippen LogP contribution in [0.15, 0.2) is 36.4 Å². The molecule has 2 aromatic carbocycles. The number of nitro groups is 1. The Labute approximate surface area is 191 Å². The third-order valence-electron chi connectivity index (χ3n) is 5.02. The lowest BCUT2D eigenvalue weighted by Gasteiger charge is -2.28. The summed E-state index contributed by atoms with van der Waals surface area (Å²) in [6.45, 7) is 0.405. The van der Waals surface area contributed by atoms with Crippen molar-refractivity contribution in [2.24, 2.45) is 0 Å². The highest BCUT2D eigenvalue weighted by atomic mass is 35.5. The number of amides is 1. The second-order valence-corrected chi connectivity index (χ2v) is 7.70. The van der Waals surface area contributed by atoms with Crippen LogP contribution in [0, 0.1) is 10.1 Å². The van der Waals surface area contributed by atoms with Crippen molar-refractivity contribution in [2.75, 3.05) is 29.9 Å². The monoisotopic (exact) mass is 485 g/mol. The van der Waals surface area contributed by atoms with E-state index in [1.165, 1.54) is 18.2 Å². The topological polar surface area (TPSA) is 102 Å². The Balaban J connectivity index is 1.69. The first kappa shape index (κ1) is 24.3. The van der Waals surface area contributed by atoms with Crippen LogP contribution in [0.4, 0.5) is 30.2 Å². The van der Waals surface area contributed by atoms with E-state index in [-0.39, 0.29) is 16.3 Å². The number of para-hydroxylation sites is 1. The fourth-order valence-electron chi connectivity index (χ4n) is 3.48. The van der Waals surface area contributed by atoms with Crippen LogP contribution >= 0.6 is 11.6 Å². The van der Waals surface area contributed by atoms with E-state index in [1.54, 1.807) is 0 Å². The van der Waals surface area contributed by atoms with Gasteiger partial charge in [-0.25, -0.2) is 4.79 Å². The van der Waals surface area contributed by atoms with Gasteiger partial charge in [-0.15, -0.1) is 0 Å². The highest BCUT2D eigenvalue weighted by Gasteiger charge is 2.35. The number of rotatable bonds is 6. The third-order valence-corrected chi connectivity index (χ3v) is 5.34. The number of hydrogen-bond acceptors (Lipinski definition) is 6. The van der Waals surface area contributed by atoms with E-state index in [0.717, 1.165) is 37.5 Å². The largest absolute Gasteiger partial charge is 0.452 e. The van der Waals surface area contributed by atoms with Crippen LogP contribution in [-0.2, 0) is 15.7 Å². The van der Waals surface area contributed by atoms with Gasteiger partial charge < -0.3 is 15.0 Å². The van der Waals surface area contributed by atoms with E-state index in [1.807, 2.05) is 10.2 Å². The molecule has 1 saturated heterocycles. The van der Waals surface area contributed by atoms with Crippen LogP contribution < -0.4 is 10.2 Å². The average Bonchev–Trinajstić information content (AvgIpc) is 2.78. The van der Waals surface area contributed by atoms with Crippen molar-refractivity contribution in [3.05, 3.63) is 62.7 Å². The first-order valence-electron chi connectivity index (χ1n) is 9.94. The molecule has 1 N–H and O–H groups in total. The standard InChI is InChI=1S/C21H19ClF3N3O5/c22-15-6-4-5-14(21(23,24)25)19(15)26-18(29)12-33-20(30)13-7-8-16(17(11-13)28(31)32)27-9-2-1-3-10-27/h4-8,11H,1-3,9-10,12H2,(H,26,29). The molecule has 33 heavy (non-hydrogen) atoms. The highest BCUT2D eigenvalue weighted by molar-refractivity contribution is 6.34. The van der Waals surface area contributed by atoms with Crippen LogP contribution in [-0.4, -0.2) is 36.5 Å². The van der Waals surface area contributed by atoms with Crippen molar-refractivity contribution >= 4 is 40.5 Å². The summed E-state index contributed by atoms with van der Waals surface area (Å²) >= 11 is 5.77. The van der Waals surface area contributed by atoms with Gasteiger partial charge in [0.25, 0.3) is 11.6 Å². The van der Waals surface area contributed by atoms with Crippen molar-refractivity contribution in [2.45, 2.75) is 25.4 Å². The zero-order chi connectivity index (χ0) is 24.2. The smallest absolute Gasteiger partial charge is 0.418 e. The number of ether oxygens (including phenoxy) is 1. The Morgan fingerprint density at radius 2 is 1.85 bits per heavy atom. The molecule has 0 radical (unpaired) electrons. The second-order valence-electron chi connectivity index (χ2n) is 7.29. The SMILES string of the molecule is O=C(COC(=O)c1ccc(N2CCCCC2)c([N+](=O)[O-])c1)Nc1c(Cl)cccc1C(F)(F)F. The van der Waals surface area contributed by atoms with Crippen LogP contribution in [0.25, 0.3) is 0 Å². The molecule has 0 aliphatic carbocycles. The summed E-state index contributed by atoms with van der Waals surface area (Å²) in [6, 6.07) is 6.84. The van der Waals surface area contributed by atoms with Crippen LogP contribution in [0.2, 0.25) is 5.02 Å². The minimum Gasteiger partial charge on any atom is -0.452 e. The average molecular weight is 486 g/mol. The number of nitrogens with zero attached hydrogens (tertiary/aromatic N) is 2. The molecule has 0 saturated carbocycles. The van der Waals surface area contributed by atoms with E-state index in [2.05, 4.69) is 0 Å². The first-order chi connectivity index (χ1) is 15.6. The minimum atomic E-state index is -4.76. The number of nitro benzene ring substituents is 1. The molecule has 8 nitrogen and oxygen atoms in total. The molecule has 3 rings (SSSR count). The van der Waals surface area contributed by atoms with Gasteiger partial charge in [0.15, 0.2) is 6.61 Å². The molecule has 1 heterocycles. The van der Waals surface area contributed by atoms with E-state index in [4.69, 9.17) is 16.3 Å². The maximum atomic E-state index is 13.1. The molecule has 1 aliphatic rings. The van der Waals surface area contributed by atoms with Crippen LogP contribution in [0.5, 0.6) is 0 Å². The van der Waals surface area contributed by atoms with Gasteiger partial charge >= 0.3 is 12.1 Å². The predicted octanol–water partition coefficient (Wildman–Crippen LogP) is 5.05. The number of halogens is 4. The number of piperidine rings is 1. The van der Waals surface area contributed by atoms with Crippen molar-refractivity contribution in [1.29, 1.82) is 0 Å². The predicted molar refractivity (Wildman–Crippen MR) is 115 cm³/mol. The maximum Gasteiger partial charge on any atom is 0.418 e. The first-order valence-corrected chi connectivity index (χ1v) is 10.3. The highest BCUT2D eigenvalue weighted by Crippen LogP contribution is 2.38. The van der Waals surface area contributed by atoms with Gasteiger partial charge in [0.2, 0.25) is 0 Å². The Kier molecular flexibility index (Phi) is 7.42. The molecule has 0 bridgehead atoms. The summed E-state index contributed by atoms with van der Waals surface area (Å²) in [5.74, 6) is -2.09. The number of nitrogens with one attached hydrogen (secondary N) is 1. The summed E-state index contributed by atoms with van der Waals surface area (Å²) in [6.07, 6.45) is -1.93. The van der Waals surface area contributed by atoms with Crippen molar-refractivity contribution in [3.8, 4) is 0 Å². The summed E-state index contributed by atoms with van der Waals surface area (Å²) in [5, 5.41) is 13.2. The molecule has 176 valence electrons.